The summed E-state index contributed by atoms with van der Waals surface area (Å²) in [6.45, 7) is 9.90. The van der Waals surface area contributed by atoms with Gasteiger partial charge in [-0.1, -0.05) is 171 Å². The van der Waals surface area contributed by atoms with E-state index in [1.54, 1.807) is 10.4 Å². The number of hydrogen-bond donors (Lipinski definition) is 0. The van der Waals surface area contributed by atoms with Gasteiger partial charge in [-0.2, -0.15) is 0 Å². The second-order valence-corrected chi connectivity index (χ2v) is 17.3. The fourth-order valence-corrected chi connectivity index (χ4v) is 11.3. The quantitative estimate of drug-likeness (QED) is 0.186. The van der Waals surface area contributed by atoms with E-state index in [0.717, 1.165) is 0 Å². The van der Waals surface area contributed by atoms with Crippen LogP contribution < -0.4 is 10.4 Å². The van der Waals surface area contributed by atoms with E-state index in [9.17, 15) is 0 Å². The molecule has 2 aliphatic carbocycles. The fraction of sp³-hybridized carbons (Fsp3) is 0.143. The lowest BCUT2D eigenvalue weighted by Gasteiger charge is -2.32. The van der Waals surface area contributed by atoms with Gasteiger partial charge in [0.1, 0.15) is 8.07 Å². The van der Waals surface area contributed by atoms with Gasteiger partial charge in [-0.25, -0.2) is 0 Å². The molecule has 6 aromatic carbocycles. The third-order valence-electron chi connectivity index (χ3n) is 10.1. The molecule has 0 amide bonds. The zero-order valence-electron chi connectivity index (χ0n) is 25.4. The minimum atomic E-state index is -2.09. The summed E-state index contributed by atoms with van der Waals surface area (Å²) < 4.78 is 0. The Morgan fingerprint density at radius 2 is 0.860 bits per heavy atom. The average Bonchev–Trinajstić information content (AvgIpc) is 3.62. The Morgan fingerprint density at radius 3 is 1.33 bits per heavy atom. The van der Waals surface area contributed by atoms with E-state index in [1.807, 2.05) is 0 Å². The molecule has 2 unspecified atom stereocenters. The predicted octanol–water partition coefficient (Wildman–Crippen LogP) is 10.4. The van der Waals surface area contributed by atoms with E-state index in [1.165, 1.54) is 66.1 Å². The summed E-state index contributed by atoms with van der Waals surface area (Å²) in [6, 6.07) is 40.8. The van der Waals surface area contributed by atoms with Crippen molar-refractivity contribution in [1.82, 2.24) is 0 Å². The van der Waals surface area contributed by atoms with Crippen LogP contribution in [0, 0.1) is 0 Å². The van der Waals surface area contributed by atoms with E-state index >= 15 is 0 Å². The monoisotopic (exact) mass is 568 g/mol. The first-order valence-corrected chi connectivity index (χ1v) is 18.6. The van der Waals surface area contributed by atoms with Crippen molar-refractivity contribution in [1.29, 1.82) is 0 Å². The molecule has 0 spiro atoms. The van der Waals surface area contributed by atoms with E-state index in [2.05, 4.69) is 160 Å². The summed E-state index contributed by atoms with van der Waals surface area (Å²) in [5.74, 6) is 0.815. The minimum Gasteiger partial charge on any atom is -0.0766 e. The molecule has 0 radical (unpaired) electrons. The SMILES string of the molecule is CC1C=Cc2c(-c3cccc4ccccc34)ccc([Si](C)(C)c3ccc(-c4cccc5ccccc45)c4c3C(C)C=C4)c21. The molecule has 208 valence electrons. The van der Waals surface area contributed by atoms with Crippen molar-refractivity contribution in [3.8, 4) is 22.3 Å². The van der Waals surface area contributed by atoms with Gasteiger partial charge in [-0.15, -0.1) is 0 Å². The summed E-state index contributed by atoms with van der Waals surface area (Å²) in [5.41, 5.74) is 11.3. The Morgan fingerprint density at radius 1 is 0.442 bits per heavy atom. The maximum absolute atomic E-state index is 2.57. The highest BCUT2D eigenvalue weighted by atomic mass is 28.3. The van der Waals surface area contributed by atoms with E-state index < -0.39 is 8.07 Å². The topological polar surface area (TPSA) is 0 Å². The Balaban J connectivity index is 1.31. The van der Waals surface area contributed by atoms with Gasteiger partial charge in [0.25, 0.3) is 0 Å². The molecule has 0 fully saturated rings. The van der Waals surface area contributed by atoms with Crippen molar-refractivity contribution in [3.05, 3.63) is 144 Å². The summed E-state index contributed by atoms with van der Waals surface area (Å²) >= 11 is 0. The molecule has 0 bridgehead atoms. The Bertz CT molecular complexity index is 1980. The van der Waals surface area contributed by atoms with Crippen LogP contribution in [0.5, 0.6) is 0 Å². The number of fused-ring (bicyclic) bond motifs is 4. The van der Waals surface area contributed by atoms with Crippen LogP contribution in [0.1, 0.15) is 47.9 Å². The predicted molar refractivity (Wildman–Crippen MR) is 190 cm³/mol. The minimum absolute atomic E-state index is 0.408. The number of rotatable bonds is 4. The van der Waals surface area contributed by atoms with Crippen molar-refractivity contribution in [2.24, 2.45) is 0 Å². The molecular weight excluding hydrogens is 533 g/mol. The molecule has 0 nitrogen and oxygen atoms in total. The molecule has 8 rings (SSSR count). The van der Waals surface area contributed by atoms with Crippen LogP contribution >= 0.6 is 0 Å². The van der Waals surface area contributed by atoms with Crippen molar-refractivity contribution < 1.29 is 0 Å². The maximum Gasteiger partial charge on any atom is 0.113 e. The normalized spacial score (nSPS) is 17.1. The highest BCUT2D eigenvalue weighted by Crippen LogP contribution is 2.42. The zero-order valence-corrected chi connectivity index (χ0v) is 26.4. The fourth-order valence-electron chi connectivity index (χ4n) is 7.91. The molecule has 2 aliphatic rings. The van der Waals surface area contributed by atoms with Crippen LogP contribution in [0.3, 0.4) is 0 Å². The summed E-state index contributed by atoms with van der Waals surface area (Å²) in [4.78, 5) is 0. The van der Waals surface area contributed by atoms with Gasteiger partial charge >= 0.3 is 0 Å². The van der Waals surface area contributed by atoms with Crippen LogP contribution in [0.4, 0.5) is 0 Å². The standard InChI is InChI=1S/C42H36Si/c1-27-19-21-37-35(33-17-9-13-29-11-5-7-15-31(29)33)23-25-39(41(27)37)43(3,4)40-26-24-36(38-22-20-28(2)42(38)40)34-18-10-14-30-12-6-8-16-32(30)34/h5-28H,1-4H3. The Hall–Kier alpha value is -4.46. The van der Waals surface area contributed by atoms with Gasteiger partial charge in [0, 0.05) is 0 Å². The van der Waals surface area contributed by atoms with Gasteiger partial charge in [0.05, 0.1) is 0 Å². The molecule has 0 saturated carbocycles. The molecule has 43 heavy (non-hydrogen) atoms. The lowest BCUT2D eigenvalue weighted by molar-refractivity contribution is 0.994. The molecule has 2 atom stereocenters. The maximum atomic E-state index is 2.57. The van der Waals surface area contributed by atoms with Gasteiger partial charge in [0.15, 0.2) is 0 Å². The number of hydrogen-bond acceptors (Lipinski definition) is 0. The van der Waals surface area contributed by atoms with Crippen molar-refractivity contribution in [3.63, 3.8) is 0 Å². The molecule has 0 N–H and O–H groups in total. The molecule has 1 heteroatoms. The van der Waals surface area contributed by atoms with Gasteiger partial charge in [-0.05, 0) is 77.9 Å². The summed E-state index contributed by atoms with van der Waals surface area (Å²) in [6.07, 6.45) is 9.60. The highest BCUT2D eigenvalue weighted by molar-refractivity contribution is 7.01. The number of allylic oxidation sites excluding steroid dienone is 2. The second kappa shape index (κ2) is 9.79. The molecule has 0 saturated heterocycles. The van der Waals surface area contributed by atoms with Crippen LogP contribution in [0.15, 0.2) is 121 Å². The Kier molecular flexibility index (Phi) is 5.96. The van der Waals surface area contributed by atoms with Crippen molar-refractivity contribution in [2.75, 3.05) is 0 Å². The van der Waals surface area contributed by atoms with Crippen molar-refractivity contribution >= 4 is 52.1 Å². The third kappa shape index (κ3) is 3.95. The lowest BCUT2D eigenvalue weighted by Crippen LogP contribution is -2.56. The smallest absolute Gasteiger partial charge is 0.0766 e. The molecular formula is C42H36Si. The average molecular weight is 569 g/mol. The molecule has 0 aliphatic heterocycles. The van der Waals surface area contributed by atoms with Gasteiger partial charge in [-0.3, -0.25) is 0 Å². The molecule has 6 aromatic rings. The van der Waals surface area contributed by atoms with Crippen LogP contribution in [-0.4, -0.2) is 8.07 Å². The first kappa shape index (κ1) is 26.2. The lowest BCUT2D eigenvalue weighted by atomic mass is 9.91. The molecule has 0 heterocycles. The zero-order chi connectivity index (χ0) is 29.3. The largest absolute Gasteiger partial charge is 0.113 e. The first-order valence-electron chi connectivity index (χ1n) is 15.6. The third-order valence-corrected chi connectivity index (χ3v) is 13.7. The van der Waals surface area contributed by atoms with Gasteiger partial charge in [0.2, 0.25) is 0 Å². The van der Waals surface area contributed by atoms with E-state index in [4.69, 9.17) is 0 Å². The highest BCUT2D eigenvalue weighted by Gasteiger charge is 2.37. The van der Waals surface area contributed by atoms with Crippen molar-refractivity contribution in [2.45, 2.75) is 38.8 Å². The summed E-state index contributed by atoms with van der Waals surface area (Å²) in [7, 11) is -2.09. The molecule has 0 aromatic heterocycles. The second-order valence-electron chi connectivity index (χ2n) is 13.0. The van der Waals surface area contributed by atoms with Gasteiger partial charge < -0.3 is 0 Å². The van der Waals surface area contributed by atoms with Crippen LogP contribution in [0.25, 0.3) is 56.0 Å². The van der Waals surface area contributed by atoms with E-state index in [-0.39, 0.29) is 0 Å². The van der Waals surface area contributed by atoms with Crippen LogP contribution in [0.2, 0.25) is 13.1 Å². The summed E-state index contributed by atoms with van der Waals surface area (Å²) in [5, 5.41) is 8.39. The van der Waals surface area contributed by atoms with E-state index in [0.29, 0.717) is 11.8 Å². The first-order chi connectivity index (χ1) is 20.9. The Labute approximate surface area is 256 Å². The number of benzene rings is 6. The van der Waals surface area contributed by atoms with Crippen LogP contribution in [-0.2, 0) is 0 Å².